The van der Waals surface area contributed by atoms with Crippen LogP contribution in [0.3, 0.4) is 0 Å². The summed E-state index contributed by atoms with van der Waals surface area (Å²) in [6.45, 7) is 1.17. The zero-order chi connectivity index (χ0) is 10.8. The standard InChI is InChI=1S/C13H20N2S/c1-2-6-10(5-1)12-9-16-13(15-12)11-7-3-4-8-14-11/h9-11,14H,1-8H2. The molecular formula is C13H20N2S. The second-order valence-electron chi connectivity index (χ2n) is 5.09. The van der Waals surface area contributed by atoms with E-state index < -0.39 is 0 Å². The summed E-state index contributed by atoms with van der Waals surface area (Å²) in [7, 11) is 0. The van der Waals surface area contributed by atoms with Gasteiger partial charge in [-0.3, -0.25) is 0 Å². The van der Waals surface area contributed by atoms with Gasteiger partial charge >= 0.3 is 0 Å². The summed E-state index contributed by atoms with van der Waals surface area (Å²) >= 11 is 1.87. The lowest BCUT2D eigenvalue weighted by Crippen LogP contribution is -2.26. The summed E-state index contributed by atoms with van der Waals surface area (Å²) < 4.78 is 0. The van der Waals surface area contributed by atoms with Gasteiger partial charge in [0.2, 0.25) is 0 Å². The highest BCUT2D eigenvalue weighted by molar-refractivity contribution is 7.09. The maximum atomic E-state index is 4.87. The van der Waals surface area contributed by atoms with Gasteiger partial charge < -0.3 is 5.32 Å². The van der Waals surface area contributed by atoms with Crippen LogP contribution in [0.5, 0.6) is 0 Å². The van der Waals surface area contributed by atoms with Crippen LogP contribution in [-0.2, 0) is 0 Å². The molecule has 0 aromatic carbocycles. The number of thiazole rings is 1. The molecule has 1 aromatic rings. The molecule has 0 radical (unpaired) electrons. The highest BCUT2D eigenvalue weighted by Gasteiger charge is 2.22. The van der Waals surface area contributed by atoms with Crippen molar-refractivity contribution in [1.82, 2.24) is 10.3 Å². The number of hydrogen-bond acceptors (Lipinski definition) is 3. The van der Waals surface area contributed by atoms with Crippen LogP contribution in [-0.4, -0.2) is 11.5 Å². The first kappa shape index (κ1) is 10.7. The van der Waals surface area contributed by atoms with Crippen LogP contribution < -0.4 is 5.32 Å². The van der Waals surface area contributed by atoms with Crippen molar-refractivity contribution in [2.45, 2.75) is 56.9 Å². The number of nitrogens with zero attached hydrogens (tertiary/aromatic N) is 1. The van der Waals surface area contributed by atoms with Gasteiger partial charge in [0.15, 0.2) is 0 Å². The third kappa shape index (κ3) is 2.16. The number of hydrogen-bond donors (Lipinski definition) is 1. The van der Waals surface area contributed by atoms with Crippen molar-refractivity contribution in [2.75, 3.05) is 6.54 Å². The van der Waals surface area contributed by atoms with E-state index in [4.69, 9.17) is 4.98 Å². The van der Waals surface area contributed by atoms with Crippen LogP contribution in [0.1, 0.15) is 67.6 Å². The minimum Gasteiger partial charge on any atom is -0.308 e. The lowest BCUT2D eigenvalue weighted by molar-refractivity contribution is 0.410. The predicted molar refractivity (Wildman–Crippen MR) is 67.9 cm³/mol. The first-order valence-electron chi connectivity index (χ1n) is 6.62. The largest absolute Gasteiger partial charge is 0.308 e. The van der Waals surface area contributed by atoms with E-state index in [-0.39, 0.29) is 0 Å². The van der Waals surface area contributed by atoms with Gasteiger partial charge in [-0.05, 0) is 32.2 Å². The molecule has 2 heterocycles. The maximum absolute atomic E-state index is 4.87. The number of piperidine rings is 1. The van der Waals surface area contributed by atoms with Crippen molar-refractivity contribution in [3.05, 3.63) is 16.1 Å². The van der Waals surface area contributed by atoms with E-state index in [1.54, 1.807) is 0 Å². The molecule has 3 heteroatoms. The molecule has 3 rings (SSSR count). The van der Waals surface area contributed by atoms with E-state index in [9.17, 15) is 0 Å². The molecule has 0 spiro atoms. The highest BCUT2D eigenvalue weighted by Crippen LogP contribution is 2.36. The quantitative estimate of drug-likeness (QED) is 0.848. The van der Waals surface area contributed by atoms with E-state index in [1.807, 2.05) is 11.3 Å². The first-order chi connectivity index (χ1) is 7.93. The molecule has 2 nitrogen and oxygen atoms in total. The minimum atomic E-state index is 0.550. The van der Waals surface area contributed by atoms with Crippen molar-refractivity contribution in [2.24, 2.45) is 0 Å². The predicted octanol–water partition coefficient (Wildman–Crippen LogP) is 3.62. The molecule has 1 saturated heterocycles. The lowest BCUT2D eigenvalue weighted by Gasteiger charge is -2.21. The van der Waals surface area contributed by atoms with Crippen molar-refractivity contribution in [3.8, 4) is 0 Å². The van der Waals surface area contributed by atoms with Crippen LogP contribution in [0.2, 0.25) is 0 Å². The molecule has 16 heavy (non-hydrogen) atoms. The Balaban J connectivity index is 1.71. The molecule has 1 aliphatic carbocycles. The molecule has 0 bridgehead atoms. The van der Waals surface area contributed by atoms with Gasteiger partial charge in [0.25, 0.3) is 0 Å². The molecular weight excluding hydrogens is 216 g/mol. The van der Waals surface area contributed by atoms with Crippen molar-refractivity contribution >= 4 is 11.3 Å². The van der Waals surface area contributed by atoms with Crippen LogP contribution in [0.4, 0.5) is 0 Å². The maximum Gasteiger partial charge on any atom is 0.110 e. The SMILES string of the molecule is c1sc(C2CCCCN2)nc1C1CCCC1. The summed E-state index contributed by atoms with van der Waals surface area (Å²) in [5.74, 6) is 0.772. The fourth-order valence-electron chi connectivity index (χ4n) is 2.93. The Morgan fingerprint density at radius 3 is 2.69 bits per heavy atom. The van der Waals surface area contributed by atoms with Gasteiger partial charge in [0.05, 0.1) is 11.7 Å². The fourth-order valence-corrected chi connectivity index (χ4v) is 3.94. The zero-order valence-electron chi connectivity index (χ0n) is 9.74. The Bertz CT molecular complexity index is 335. The van der Waals surface area contributed by atoms with E-state index in [0.717, 1.165) is 5.92 Å². The zero-order valence-corrected chi connectivity index (χ0v) is 10.6. The summed E-state index contributed by atoms with van der Waals surface area (Å²) in [6, 6.07) is 0.550. The van der Waals surface area contributed by atoms with E-state index in [0.29, 0.717) is 6.04 Å². The summed E-state index contributed by atoms with van der Waals surface area (Å²) in [4.78, 5) is 4.87. The molecule has 1 unspecified atom stereocenters. The second kappa shape index (κ2) is 4.84. The number of rotatable bonds is 2. The summed E-state index contributed by atoms with van der Waals surface area (Å²) in [5, 5.41) is 7.23. The lowest BCUT2D eigenvalue weighted by atomic mass is 10.0. The monoisotopic (exact) mass is 236 g/mol. The van der Waals surface area contributed by atoms with Gasteiger partial charge in [0.1, 0.15) is 5.01 Å². The Hall–Kier alpha value is -0.410. The Labute approximate surface area is 101 Å². The molecule has 1 atom stereocenters. The average molecular weight is 236 g/mol. The minimum absolute atomic E-state index is 0.550. The van der Waals surface area contributed by atoms with Gasteiger partial charge in [-0.2, -0.15) is 0 Å². The number of nitrogens with one attached hydrogen (secondary N) is 1. The normalized spacial score (nSPS) is 27.4. The molecule has 1 aromatic heterocycles. The Morgan fingerprint density at radius 2 is 1.94 bits per heavy atom. The van der Waals surface area contributed by atoms with Gasteiger partial charge in [-0.15, -0.1) is 11.3 Å². The van der Waals surface area contributed by atoms with Crippen molar-refractivity contribution in [1.29, 1.82) is 0 Å². The molecule has 1 N–H and O–H groups in total. The van der Waals surface area contributed by atoms with Gasteiger partial charge in [0, 0.05) is 11.3 Å². The smallest absolute Gasteiger partial charge is 0.110 e. The van der Waals surface area contributed by atoms with E-state index in [2.05, 4.69) is 10.7 Å². The molecule has 2 fully saturated rings. The molecule has 1 aliphatic heterocycles. The Kier molecular flexibility index (Phi) is 3.25. The van der Waals surface area contributed by atoms with Crippen LogP contribution in [0.25, 0.3) is 0 Å². The Morgan fingerprint density at radius 1 is 1.12 bits per heavy atom. The topological polar surface area (TPSA) is 24.9 Å². The van der Waals surface area contributed by atoms with Gasteiger partial charge in [-0.25, -0.2) is 4.98 Å². The van der Waals surface area contributed by atoms with Crippen LogP contribution in [0.15, 0.2) is 5.38 Å². The second-order valence-corrected chi connectivity index (χ2v) is 5.98. The van der Waals surface area contributed by atoms with Crippen LogP contribution >= 0.6 is 11.3 Å². The summed E-state index contributed by atoms with van der Waals surface area (Å²) in [5.41, 5.74) is 1.38. The van der Waals surface area contributed by atoms with E-state index in [1.165, 1.54) is 62.2 Å². The highest BCUT2D eigenvalue weighted by atomic mass is 32.1. The number of aromatic nitrogens is 1. The van der Waals surface area contributed by atoms with Crippen molar-refractivity contribution < 1.29 is 0 Å². The van der Waals surface area contributed by atoms with Gasteiger partial charge in [-0.1, -0.05) is 19.3 Å². The van der Waals surface area contributed by atoms with Crippen LogP contribution in [0, 0.1) is 0 Å². The fraction of sp³-hybridized carbons (Fsp3) is 0.769. The van der Waals surface area contributed by atoms with Crippen molar-refractivity contribution in [3.63, 3.8) is 0 Å². The average Bonchev–Trinajstić information content (AvgIpc) is 3.01. The summed E-state index contributed by atoms with van der Waals surface area (Å²) in [6.07, 6.45) is 9.49. The third-order valence-electron chi connectivity index (χ3n) is 3.92. The molecule has 1 saturated carbocycles. The molecule has 0 amide bonds. The van der Waals surface area contributed by atoms with E-state index >= 15 is 0 Å². The molecule has 2 aliphatic rings. The molecule has 88 valence electrons. The third-order valence-corrected chi connectivity index (χ3v) is 4.90. The first-order valence-corrected chi connectivity index (χ1v) is 7.50.